The summed E-state index contributed by atoms with van der Waals surface area (Å²) in [4.78, 5) is 11.2. The first-order chi connectivity index (χ1) is 6.19. The Hall–Kier alpha value is -0.420. The van der Waals surface area contributed by atoms with Crippen molar-refractivity contribution >= 4 is 34.5 Å². The fourth-order valence-electron chi connectivity index (χ4n) is 0.938. The van der Waals surface area contributed by atoms with Gasteiger partial charge in [-0.2, -0.15) is 12.6 Å². The van der Waals surface area contributed by atoms with Crippen molar-refractivity contribution in [3.8, 4) is 0 Å². The third-order valence-electron chi connectivity index (χ3n) is 1.61. The SMILES string of the molecule is COC(=O)C(CS)c1ccc(Br)o1. The third-order valence-corrected chi connectivity index (χ3v) is 2.40. The monoisotopic (exact) mass is 264 g/mol. The lowest BCUT2D eigenvalue weighted by Crippen LogP contribution is -2.14. The van der Waals surface area contributed by atoms with Crippen molar-refractivity contribution in [1.29, 1.82) is 0 Å². The van der Waals surface area contributed by atoms with Crippen molar-refractivity contribution < 1.29 is 13.9 Å². The molecule has 1 unspecified atom stereocenters. The van der Waals surface area contributed by atoms with E-state index in [0.717, 1.165) is 0 Å². The highest BCUT2D eigenvalue weighted by atomic mass is 79.9. The molecule has 1 aromatic heterocycles. The number of methoxy groups -OCH3 is 1. The van der Waals surface area contributed by atoms with Gasteiger partial charge < -0.3 is 9.15 Å². The molecule has 5 heteroatoms. The molecule has 3 nitrogen and oxygen atoms in total. The second kappa shape index (κ2) is 4.72. The molecular formula is C8H9BrO3S. The molecule has 1 aromatic rings. The second-order valence-corrected chi connectivity index (χ2v) is 3.55. The topological polar surface area (TPSA) is 39.4 Å². The fraction of sp³-hybridized carbons (Fsp3) is 0.375. The quantitative estimate of drug-likeness (QED) is 0.673. The Balaban J connectivity index is 2.84. The van der Waals surface area contributed by atoms with Gasteiger partial charge >= 0.3 is 5.97 Å². The Bertz CT molecular complexity index is 297. The maximum atomic E-state index is 11.2. The molecule has 0 saturated carbocycles. The van der Waals surface area contributed by atoms with Gasteiger partial charge in [0, 0.05) is 5.75 Å². The third kappa shape index (κ3) is 2.51. The first-order valence-electron chi connectivity index (χ1n) is 3.63. The molecule has 0 aliphatic heterocycles. The van der Waals surface area contributed by atoms with Crippen LogP contribution in [0.5, 0.6) is 0 Å². The Kier molecular flexibility index (Phi) is 3.87. The van der Waals surface area contributed by atoms with Crippen molar-refractivity contribution in [3.63, 3.8) is 0 Å². The van der Waals surface area contributed by atoms with Crippen LogP contribution in [0.15, 0.2) is 21.2 Å². The zero-order valence-corrected chi connectivity index (χ0v) is 9.47. The summed E-state index contributed by atoms with van der Waals surface area (Å²) in [5.41, 5.74) is 0. The van der Waals surface area contributed by atoms with E-state index >= 15 is 0 Å². The number of carbonyl (C=O) groups is 1. The first-order valence-corrected chi connectivity index (χ1v) is 5.05. The summed E-state index contributed by atoms with van der Waals surface area (Å²) in [6.07, 6.45) is 0. The number of thiol groups is 1. The smallest absolute Gasteiger partial charge is 0.317 e. The molecule has 0 bridgehead atoms. The summed E-state index contributed by atoms with van der Waals surface area (Å²) in [5.74, 6) is 0.164. The van der Waals surface area contributed by atoms with Crippen LogP contribution in [-0.2, 0) is 9.53 Å². The molecule has 1 rings (SSSR count). The molecule has 0 saturated heterocycles. The van der Waals surface area contributed by atoms with E-state index in [4.69, 9.17) is 4.42 Å². The fourth-order valence-corrected chi connectivity index (χ4v) is 1.59. The Morgan fingerprint density at radius 1 is 1.77 bits per heavy atom. The number of hydrogen-bond donors (Lipinski definition) is 1. The van der Waals surface area contributed by atoms with Crippen LogP contribution in [0.2, 0.25) is 0 Å². The number of carbonyl (C=O) groups excluding carboxylic acids is 1. The maximum Gasteiger partial charge on any atom is 0.317 e. The van der Waals surface area contributed by atoms with Crippen LogP contribution in [0.1, 0.15) is 11.7 Å². The molecule has 0 radical (unpaired) electrons. The van der Waals surface area contributed by atoms with E-state index in [1.54, 1.807) is 12.1 Å². The summed E-state index contributed by atoms with van der Waals surface area (Å²) in [6, 6.07) is 3.45. The van der Waals surface area contributed by atoms with E-state index in [9.17, 15) is 4.79 Å². The molecule has 0 spiro atoms. The summed E-state index contributed by atoms with van der Waals surface area (Å²) < 4.78 is 10.4. The number of halogens is 1. The van der Waals surface area contributed by atoms with Gasteiger partial charge in [0.15, 0.2) is 4.67 Å². The van der Waals surface area contributed by atoms with Crippen LogP contribution < -0.4 is 0 Å². The Morgan fingerprint density at radius 3 is 2.85 bits per heavy atom. The molecule has 0 aromatic carbocycles. The van der Waals surface area contributed by atoms with Crippen molar-refractivity contribution in [2.45, 2.75) is 5.92 Å². The standard InChI is InChI=1S/C8H9BrO3S/c1-11-8(10)5(4-13)6-2-3-7(9)12-6/h2-3,5,13H,4H2,1H3. The van der Waals surface area contributed by atoms with Crippen LogP contribution in [0.4, 0.5) is 0 Å². The number of esters is 1. The predicted octanol–water partition coefficient (Wildman–Crippen LogP) is 2.23. The van der Waals surface area contributed by atoms with Gasteiger partial charge in [-0.05, 0) is 28.1 Å². The summed E-state index contributed by atoms with van der Waals surface area (Å²) in [6.45, 7) is 0. The Morgan fingerprint density at radius 2 is 2.46 bits per heavy atom. The zero-order valence-electron chi connectivity index (χ0n) is 6.99. The lowest BCUT2D eigenvalue weighted by Gasteiger charge is -2.07. The van der Waals surface area contributed by atoms with Crippen molar-refractivity contribution in [1.82, 2.24) is 0 Å². The van der Waals surface area contributed by atoms with Crippen LogP contribution >= 0.6 is 28.6 Å². The van der Waals surface area contributed by atoms with E-state index in [1.165, 1.54) is 7.11 Å². The molecular weight excluding hydrogens is 256 g/mol. The van der Waals surface area contributed by atoms with Gasteiger partial charge in [-0.1, -0.05) is 0 Å². The molecule has 0 aliphatic carbocycles. The molecule has 72 valence electrons. The zero-order chi connectivity index (χ0) is 9.84. The van der Waals surface area contributed by atoms with Crippen molar-refractivity contribution in [2.75, 3.05) is 12.9 Å². The van der Waals surface area contributed by atoms with Crippen LogP contribution in [0.25, 0.3) is 0 Å². The van der Waals surface area contributed by atoms with E-state index in [1.807, 2.05) is 0 Å². The Labute approximate surface area is 90.0 Å². The van der Waals surface area contributed by atoms with Gasteiger partial charge in [-0.25, -0.2) is 0 Å². The van der Waals surface area contributed by atoms with Gasteiger partial charge in [-0.15, -0.1) is 0 Å². The highest BCUT2D eigenvalue weighted by Crippen LogP contribution is 2.23. The summed E-state index contributed by atoms with van der Waals surface area (Å²) >= 11 is 7.21. The van der Waals surface area contributed by atoms with E-state index in [-0.39, 0.29) is 5.97 Å². The summed E-state index contributed by atoms with van der Waals surface area (Å²) in [7, 11) is 1.34. The van der Waals surface area contributed by atoms with Crippen LogP contribution in [-0.4, -0.2) is 18.8 Å². The van der Waals surface area contributed by atoms with Crippen LogP contribution in [0.3, 0.4) is 0 Å². The van der Waals surface area contributed by atoms with Crippen molar-refractivity contribution in [2.24, 2.45) is 0 Å². The number of furan rings is 1. The van der Waals surface area contributed by atoms with E-state index < -0.39 is 5.92 Å². The lowest BCUT2D eigenvalue weighted by atomic mass is 10.1. The predicted molar refractivity (Wildman–Crippen MR) is 55.0 cm³/mol. The molecule has 0 aliphatic rings. The number of hydrogen-bond acceptors (Lipinski definition) is 4. The molecule has 1 heterocycles. The molecule has 0 fully saturated rings. The largest absolute Gasteiger partial charge is 0.468 e. The van der Waals surface area contributed by atoms with Gasteiger partial charge in [0.1, 0.15) is 11.7 Å². The minimum absolute atomic E-state index is 0.336. The second-order valence-electron chi connectivity index (χ2n) is 2.40. The van der Waals surface area contributed by atoms with E-state index in [2.05, 4.69) is 33.3 Å². The summed E-state index contributed by atoms with van der Waals surface area (Å²) in [5, 5.41) is 0. The molecule has 0 N–H and O–H groups in total. The van der Waals surface area contributed by atoms with E-state index in [0.29, 0.717) is 16.2 Å². The number of ether oxygens (including phenoxy) is 1. The maximum absolute atomic E-state index is 11.2. The minimum atomic E-state index is -0.431. The minimum Gasteiger partial charge on any atom is -0.468 e. The average molecular weight is 265 g/mol. The highest BCUT2D eigenvalue weighted by Gasteiger charge is 2.22. The van der Waals surface area contributed by atoms with Crippen LogP contribution in [0, 0.1) is 0 Å². The van der Waals surface area contributed by atoms with Crippen molar-refractivity contribution in [3.05, 3.63) is 22.6 Å². The lowest BCUT2D eigenvalue weighted by molar-refractivity contribution is -0.142. The highest BCUT2D eigenvalue weighted by molar-refractivity contribution is 9.10. The molecule has 0 amide bonds. The normalized spacial score (nSPS) is 12.5. The van der Waals surface area contributed by atoms with Gasteiger partial charge in [0.25, 0.3) is 0 Å². The molecule has 13 heavy (non-hydrogen) atoms. The number of rotatable bonds is 3. The average Bonchev–Trinajstić information content (AvgIpc) is 2.53. The van der Waals surface area contributed by atoms with Gasteiger partial charge in [0.05, 0.1) is 7.11 Å². The first kappa shape index (κ1) is 10.7. The van der Waals surface area contributed by atoms with Gasteiger partial charge in [-0.3, -0.25) is 4.79 Å². The van der Waals surface area contributed by atoms with Gasteiger partial charge in [0.2, 0.25) is 0 Å². The molecule has 1 atom stereocenters.